The van der Waals surface area contributed by atoms with Gasteiger partial charge in [-0.05, 0) is 30.2 Å². The van der Waals surface area contributed by atoms with Crippen LogP contribution in [0.5, 0.6) is 0 Å². The van der Waals surface area contributed by atoms with Gasteiger partial charge in [0.2, 0.25) is 5.91 Å². The fraction of sp³-hybridized carbons (Fsp3) is 0.238. The van der Waals surface area contributed by atoms with Gasteiger partial charge in [-0.15, -0.1) is 11.3 Å². The molecular formula is C21H20F3N5O6S2. The molecule has 0 aliphatic carbocycles. The van der Waals surface area contributed by atoms with E-state index in [1.54, 1.807) is 35.2 Å². The van der Waals surface area contributed by atoms with Gasteiger partial charge < -0.3 is 20.3 Å². The molecule has 2 aromatic heterocycles. The van der Waals surface area contributed by atoms with Gasteiger partial charge in [0.25, 0.3) is 10.0 Å². The second kappa shape index (κ2) is 11.1. The third-order valence-electron chi connectivity index (χ3n) is 4.99. The van der Waals surface area contributed by atoms with Crippen LogP contribution in [0.1, 0.15) is 17.5 Å². The Hall–Kier alpha value is -3.76. The minimum Gasteiger partial charge on any atom is -0.475 e. The van der Waals surface area contributed by atoms with E-state index in [1.807, 2.05) is 6.07 Å². The van der Waals surface area contributed by atoms with Gasteiger partial charge in [-0.25, -0.2) is 13.2 Å². The van der Waals surface area contributed by atoms with Gasteiger partial charge in [0.05, 0.1) is 4.88 Å². The topological polar surface area (TPSA) is 180 Å². The number of nitrogens with two attached hydrogens (primary N) is 1. The molecule has 1 saturated heterocycles. The number of carboxylic acids is 1. The Labute approximate surface area is 212 Å². The summed E-state index contributed by atoms with van der Waals surface area (Å²) in [7, 11) is -3.84. The van der Waals surface area contributed by atoms with Crippen LogP contribution in [0.3, 0.4) is 0 Å². The van der Waals surface area contributed by atoms with Gasteiger partial charge in [0, 0.05) is 24.7 Å². The number of hydrogen-bond acceptors (Lipinski definition) is 8. The molecule has 1 atom stereocenters. The minimum absolute atomic E-state index is 0.0452. The van der Waals surface area contributed by atoms with Crippen LogP contribution in [-0.2, 0) is 26.2 Å². The lowest BCUT2D eigenvalue weighted by Gasteiger charge is -2.17. The van der Waals surface area contributed by atoms with Gasteiger partial charge in [0.1, 0.15) is 28.0 Å². The van der Waals surface area contributed by atoms with Crippen LogP contribution in [0.15, 0.2) is 57.5 Å². The maximum absolute atomic E-state index is 12.7. The van der Waals surface area contributed by atoms with Crippen LogP contribution in [0.4, 0.5) is 13.2 Å². The fourth-order valence-corrected chi connectivity index (χ4v) is 5.76. The number of aromatic nitrogens is 1. The number of rotatable bonds is 7. The average molecular weight is 560 g/mol. The molecule has 3 aromatic rings. The number of carbonyl (C=O) groups excluding carboxylic acids is 1. The Morgan fingerprint density at radius 1 is 1.30 bits per heavy atom. The zero-order valence-corrected chi connectivity index (χ0v) is 20.4. The van der Waals surface area contributed by atoms with Crippen molar-refractivity contribution in [2.75, 3.05) is 6.54 Å². The Bertz CT molecular complexity index is 1390. The van der Waals surface area contributed by atoms with Crippen molar-refractivity contribution >= 4 is 39.1 Å². The molecule has 0 unspecified atom stereocenters. The number of nitrogens with one attached hydrogen (secondary N) is 2. The summed E-state index contributed by atoms with van der Waals surface area (Å²) in [5.41, 5.74) is 7.48. The number of carbonyl (C=O) groups is 2. The van der Waals surface area contributed by atoms with Crippen molar-refractivity contribution in [1.82, 2.24) is 14.8 Å². The van der Waals surface area contributed by atoms with E-state index in [1.165, 1.54) is 12.3 Å². The predicted molar refractivity (Wildman–Crippen MR) is 125 cm³/mol. The lowest BCUT2D eigenvalue weighted by atomic mass is 10.1. The van der Waals surface area contributed by atoms with Crippen LogP contribution in [-0.4, -0.2) is 60.1 Å². The molecule has 11 nitrogen and oxygen atoms in total. The van der Waals surface area contributed by atoms with Crippen molar-refractivity contribution in [3.8, 4) is 10.6 Å². The monoisotopic (exact) mass is 559 g/mol. The lowest BCUT2D eigenvalue weighted by molar-refractivity contribution is -0.192. The van der Waals surface area contributed by atoms with E-state index in [0.717, 1.165) is 16.9 Å². The Kier molecular flexibility index (Phi) is 8.35. The molecular weight excluding hydrogens is 539 g/mol. The molecule has 5 N–H and O–H groups in total. The van der Waals surface area contributed by atoms with Crippen LogP contribution in [0.25, 0.3) is 10.6 Å². The molecule has 0 radical (unpaired) electrons. The minimum atomic E-state index is -5.08. The number of benzene rings is 1. The van der Waals surface area contributed by atoms with E-state index in [-0.39, 0.29) is 16.0 Å². The SMILES string of the molecule is N=C(N)c1cccc(CN2CC[C@H](NS(=O)(=O)c3ccc(-c4ccon4)s3)C2=O)c1.O=C(O)C(F)(F)F. The first-order valence-corrected chi connectivity index (χ1v) is 12.6. The summed E-state index contributed by atoms with van der Waals surface area (Å²) in [6.07, 6.45) is -3.29. The first-order chi connectivity index (χ1) is 17.3. The summed E-state index contributed by atoms with van der Waals surface area (Å²) in [4.78, 5) is 23.9. The molecule has 1 aliphatic rings. The largest absolute Gasteiger partial charge is 0.490 e. The number of likely N-dealkylation sites (tertiary alicyclic amines) is 1. The molecule has 198 valence electrons. The van der Waals surface area contributed by atoms with Crippen LogP contribution >= 0.6 is 11.3 Å². The fourth-order valence-electron chi connectivity index (χ4n) is 3.25. The second-order valence-corrected chi connectivity index (χ2v) is 10.7. The molecule has 4 rings (SSSR count). The number of nitrogens with zero attached hydrogens (tertiary/aromatic N) is 2. The van der Waals surface area contributed by atoms with Gasteiger partial charge in [-0.1, -0.05) is 23.4 Å². The van der Waals surface area contributed by atoms with E-state index in [2.05, 4.69) is 9.88 Å². The molecule has 1 aromatic carbocycles. The molecule has 0 spiro atoms. The second-order valence-electron chi connectivity index (χ2n) is 7.64. The van der Waals surface area contributed by atoms with E-state index in [9.17, 15) is 26.4 Å². The van der Waals surface area contributed by atoms with Crippen molar-refractivity contribution < 1.29 is 40.8 Å². The summed E-state index contributed by atoms with van der Waals surface area (Å²) in [5.74, 6) is -3.08. The predicted octanol–water partition coefficient (Wildman–Crippen LogP) is 2.40. The number of amides is 1. The number of alkyl halides is 3. The van der Waals surface area contributed by atoms with Gasteiger partial charge >= 0.3 is 12.1 Å². The highest BCUT2D eigenvalue weighted by Gasteiger charge is 2.38. The van der Waals surface area contributed by atoms with E-state index >= 15 is 0 Å². The van der Waals surface area contributed by atoms with Crippen molar-refractivity contribution in [2.45, 2.75) is 29.4 Å². The average Bonchev–Trinajstić information content (AvgIpc) is 3.57. The highest BCUT2D eigenvalue weighted by molar-refractivity contribution is 7.91. The maximum Gasteiger partial charge on any atom is 0.490 e. The summed E-state index contributed by atoms with van der Waals surface area (Å²) in [5, 5.41) is 18.5. The van der Waals surface area contributed by atoms with Crippen molar-refractivity contribution in [3.63, 3.8) is 0 Å². The van der Waals surface area contributed by atoms with Crippen molar-refractivity contribution in [2.24, 2.45) is 5.73 Å². The van der Waals surface area contributed by atoms with E-state index in [0.29, 0.717) is 35.6 Å². The highest BCUT2D eigenvalue weighted by atomic mass is 32.2. The number of sulfonamides is 1. The summed E-state index contributed by atoms with van der Waals surface area (Å²) in [6.45, 7) is 0.762. The lowest BCUT2D eigenvalue weighted by Crippen LogP contribution is -2.41. The molecule has 37 heavy (non-hydrogen) atoms. The highest BCUT2D eigenvalue weighted by Crippen LogP contribution is 2.30. The molecule has 0 saturated carbocycles. The number of nitrogen functional groups attached to an aromatic ring is 1. The third-order valence-corrected chi connectivity index (χ3v) is 8.06. The van der Waals surface area contributed by atoms with Crippen LogP contribution in [0, 0.1) is 5.41 Å². The molecule has 0 bridgehead atoms. The van der Waals surface area contributed by atoms with Crippen LogP contribution in [0.2, 0.25) is 0 Å². The standard InChI is InChI=1S/C19H19N5O4S2.C2HF3O2/c20-18(21)13-3-1-2-12(10-13)11-24-8-6-15(19(24)25)23-30(26,27)17-5-4-16(29-17)14-7-9-28-22-14;3-2(4,5)1(6)7/h1-5,7,9-10,15,23H,6,8,11H2,(H3,20,21);(H,6,7)/t15-;/m0./s1. The Morgan fingerprint density at radius 3 is 2.59 bits per heavy atom. The quantitative estimate of drug-likeness (QED) is 0.252. The zero-order chi connectivity index (χ0) is 27.4. The third kappa shape index (κ3) is 7.14. The van der Waals surface area contributed by atoms with Crippen LogP contribution < -0.4 is 10.5 Å². The number of thiophene rings is 1. The Balaban J connectivity index is 0.000000479. The molecule has 1 fully saturated rings. The normalized spacial score (nSPS) is 15.8. The van der Waals surface area contributed by atoms with E-state index < -0.39 is 28.2 Å². The van der Waals surface area contributed by atoms with Crippen molar-refractivity contribution in [1.29, 1.82) is 5.41 Å². The summed E-state index contributed by atoms with van der Waals surface area (Å²) in [6, 6.07) is 11.1. The first kappa shape index (κ1) is 27.8. The zero-order valence-electron chi connectivity index (χ0n) is 18.7. The summed E-state index contributed by atoms with van der Waals surface area (Å²) >= 11 is 1.06. The summed E-state index contributed by atoms with van der Waals surface area (Å²) < 4.78 is 64.7. The number of halogens is 3. The number of hydrogen-bond donors (Lipinski definition) is 4. The maximum atomic E-state index is 12.7. The van der Waals surface area contributed by atoms with Gasteiger partial charge in [0.15, 0.2) is 0 Å². The molecule has 1 amide bonds. The smallest absolute Gasteiger partial charge is 0.475 e. The first-order valence-electron chi connectivity index (χ1n) is 10.3. The number of amidine groups is 1. The Morgan fingerprint density at radius 2 is 2.00 bits per heavy atom. The number of carboxylic acid groups (broad SMARTS) is 1. The molecule has 16 heteroatoms. The van der Waals surface area contributed by atoms with Gasteiger partial charge in [-0.3, -0.25) is 10.2 Å². The van der Waals surface area contributed by atoms with Crippen molar-refractivity contribution in [3.05, 3.63) is 59.9 Å². The van der Waals surface area contributed by atoms with E-state index in [4.69, 9.17) is 25.6 Å². The van der Waals surface area contributed by atoms with Gasteiger partial charge in [-0.2, -0.15) is 17.9 Å². The molecule has 1 aliphatic heterocycles. The molecule has 3 heterocycles. The number of aliphatic carboxylic acids is 1.